The minimum atomic E-state index is -4.78. The first kappa shape index (κ1) is 25.5. The molecule has 37 heavy (non-hydrogen) atoms. The van der Waals surface area contributed by atoms with Crippen molar-refractivity contribution in [1.82, 2.24) is 14.8 Å². The summed E-state index contributed by atoms with van der Waals surface area (Å²) in [6.07, 6.45) is -3.17. The molecule has 2 aromatic carbocycles. The molecule has 5 rings (SSSR count). The van der Waals surface area contributed by atoms with Gasteiger partial charge in [-0.3, -0.25) is 0 Å². The van der Waals surface area contributed by atoms with Crippen LogP contribution in [0.1, 0.15) is 17.5 Å². The fourth-order valence-electron chi connectivity index (χ4n) is 5.27. The second-order valence-corrected chi connectivity index (χ2v) is 10.3. The number of halogens is 3. The van der Waals surface area contributed by atoms with Gasteiger partial charge in [-0.25, -0.2) is 9.78 Å². The number of benzene rings is 2. The van der Waals surface area contributed by atoms with Gasteiger partial charge < -0.3 is 19.3 Å². The van der Waals surface area contributed by atoms with Gasteiger partial charge >= 0.3 is 12.5 Å². The monoisotopic (exact) mass is 531 g/mol. The Morgan fingerprint density at radius 2 is 1.84 bits per heavy atom. The van der Waals surface area contributed by atoms with E-state index in [1.807, 2.05) is 6.07 Å². The van der Waals surface area contributed by atoms with Gasteiger partial charge in [0.1, 0.15) is 5.75 Å². The summed E-state index contributed by atoms with van der Waals surface area (Å²) < 4.78 is 47.5. The van der Waals surface area contributed by atoms with Gasteiger partial charge in [0.2, 0.25) is 5.88 Å². The summed E-state index contributed by atoms with van der Waals surface area (Å²) in [6.45, 7) is 3.67. The third-order valence-corrected chi connectivity index (χ3v) is 7.59. The predicted octanol–water partition coefficient (Wildman–Crippen LogP) is 5.85. The molecule has 2 heterocycles. The molecule has 6 nitrogen and oxygen atoms in total. The fraction of sp³-hybridized carbons (Fsp3) is 0.407. The zero-order valence-electron chi connectivity index (χ0n) is 20.1. The molecule has 196 valence electrons. The van der Waals surface area contributed by atoms with Crippen molar-refractivity contribution >= 4 is 17.4 Å². The molecule has 10 heteroatoms. The van der Waals surface area contributed by atoms with Crippen LogP contribution in [0.15, 0.2) is 65.5 Å². The first-order valence-electron chi connectivity index (χ1n) is 12.3. The SMILES string of the molecule is O=C(Oc1cscn1)N(Cc1cccc(OC(F)(F)F)c1)CC1C2CN(CCCc3ccccc3)CC21. The summed E-state index contributed by atoms with van der Waals surface area (Å²) >= 11 is 1.31. The van der Waals surface area contributed by atoms with E-state index < -0.39 is 12.5 Å². The molecule has 1 saturated heterocycles. The molecule has 0 radical (unpaired) electrons. The van der Waals surface area contributed by atoms with Gasteiger partial charge in [-0.2, -0.15) is 0 Å². The molecule has 0 bridgehead atoms. The fourth-order valence-corrected chi connectivity index (χ4v) is 5.72. The molecule has 1 amide bonds. The van der Waals surface area contributed by atoms with E-state index in [-0.39, 0.29) is 18.2 Å². The lowest BCUT2D eigenvalue weighted by molar-refractivity contribution is -0.274. The van der Waals surface area contributed by atoms with E-state index in [1.165, 1.54) is 35.1 Å². The van der Waals surface area contributed by atoms with Crippen LogP contribution >= 0.6 is 11.3 Å². The number of piperidine rings is 1. The maximum absolute atomic E-state index is 13.0. The van der Waals surface area contributed by atoms with Crippen molar-refractivity contribution in [3.05, 3.63) is 76.6 Å². The van der Waals surface area contributed by atoms with E-state index in [2.05, 4.69) is 38.9 Å². The highest BCUT2D eigenvalue weighted by Crippen LogP contribution is 2.52. The number of carbonyl (C=O) groups is 1. The van der Waals surface area contributed by atoms with Crippen molar-refractivity contribution in [2.75, 3.05) is 26.2 Å². The molecule has 2 atom stereocenters. The lowest BCUT2D eigenvalue weighted by Crippen LogP contribution is -2.37. The molecule has 1 aliphatic carbocycles. The van der Waals surface area contributed by atoms with Crippen LogP contribution in [0.5, 0.6) is 11.6 Å². The van der Waals surface area contributed by atoms with Gasteiger partial charge in [-0.15, -0.1) is 24.5 Å². The van der Waals surface area contributed by atoms with E-state index in [0.29, 0.717) is 29.9 Å². The van der Waals surface area contributed by atoms with Crippen molar-refractivity contribution in [3.8, 4) is 11.6 Å². The number of carbonyl (C=O) groups excluding carboxylic acids is 1. The number of alkyl halides is 3. The molecular weight excluding hydrogens is 503 g/mol. The first-order chi connectivity index (χ1) is 17.8. The number of thiazole rings is 1. The van der Waals surface area contributed by atoms with Gasteiger partial charge in [0, 0.05) is 26.2 Å². The van der Waals surface area contributed by atoms with Crippen LogP contribution in [0, 0.1) is 17.8 Å². The van der Waals surface area contributed by atoms with E-state index in [9.17, 15) is 18.0 Å². The Labute approximate surface area is 217 Å². The molecule has 2 aliphatic rings. The average molecular weight is 532 g/mol. The highest BCUT2D eigenvalue weighted by Gasteiger charge is 2.55. The second-order valence-electron chi connectivity index (χ2n) is 9.61. The zero-order chi connectivity index (χ0) is 25.8. The Balaban J connectivity index is 1.17. The molecule has 2 unspecified atom stereocenters. The number of rotatable bonds is 10. The van der Waals surface area contributed by atoms with Crippen molar-refractivity contribution in [1.29, 1.82) is 0 Å². The van der Waals surface area contributed by atoms with Gasteiger partial charge in [0.05, 0.1) is 10.9 Å². The van der Waals surface area contributed by atoms with Crippen LogP contribution in [-0.2, 0) is 13.0 Å². The molecule has 1 aromatic heterocycles. The summed E-state index contributed by atoms with van der Waals surface area (Å²) in [4.78, 5) is 21.1. The van der Waals surface area contributed by atoms with Crippen LogP contribution in [-0.4, -0.2) is 53.4 Å². The van der Waals surface area contributed by atoms with Crippen molar-refractivity contribution < 1.29 is 27.4 Å². The molecular formula is C27H28F3N3O3S. The minimum Gasteiger partial charge on any atom is -0.406 e. The Hall–Kier alpha value is -3.11. The summed E-state index contributed by atoms with van der Waals surface area (Å²) in [5.74, 6) is 1.29. The standard InChI is InChI=1S/C27H28F3N3O3S/c28-27(29,30)36-21-10-4-8-20(12-21)13-33(26(34)35-25-17-37-18-31-25)16-24-22-14-32(15-23(22)24)11-5-9-19-6-2-1-3-7-19/h1-4,6-8,10,12,17-18,22-24H,5,9,11,13-16H2. The van der Waals surface area contributed by atoms with Gasteiger partial charge in [-0.05, 0) is 60.4 Å². The van der Waals surface area contributed by atoms with E-state index in [1.54, 1.807) is 21.9 Å². The highest BCUT2D eigenvalue weighted by molar-refractivity contribution is 7.07. The number of aromatic nitrogens is 1. The number of aryl methyl sites for hydroxylation is 1. The molecule has 1 aliphatic heterocycles. The van der Waals surface area contributed by atoms with Gasteiger partial charge in [0.25, 0.3) is 0 Å². The molecule has 2 fully saturated rings. The first-order valence-corrected chi connectivity index (χ1v) is 13.2. The lowest BCUT2D eigenvalue weighted by Gasteiger charge is -2.25. The third kappa shape index (κ3) is 7.01. The minimum absolute atomic E-state index is 0.120. The number of fused-ring (bicyclic) bond motifs is 1. The van der Waals surface area contributed by atoms with E-state index in [0.717, 1.165) is 32.5 Å². The summed E-state index contributed by atoms with van der Waals surface area (Å²) in [5.41, 5.74) is 3.46. The topological polar surface area (TPSA) is 54.9 Å². The smallest absolute Gasteiger partial charge is 0.406 e. The largest absolute Gasteiger partial charge is 0.573 e. The Bertz CT molecular complexity index is 1160. The number of hydrogen-bond acceptors (Lipinski definition) is 6. The van der Waals surface area contributed by atoms with Crippen LogP contribution < -0.4 is 9.47 Å². The number of amides is 1. The Kier molecular flexibility index (Phi) is 7.66. The maximum Gasteiger partial charge on any atom is 0.573 e. The maximum atomic E-state index is 13.0. The second kappa shape index (κ2) is 11.1. The van der Waals surface area contributed by atoms with E-state index in [4.69, 9.17) is 4.74 Å². The quantitative estimate of drug-likeness (QED) is 0.328. The van der Waals surface area contributed by atoms with Crippen LogP contribution in [0.25, 0.3) is 0 Å². The molecule has 1 saturated carbocycles. The normalized spacial score (nSPS) is 20.9. The van der Waals surface area contributed by atoms with Crippen LogP contribution in [0.3, 0.4) is 0 Å². The van der Waals surface area contributed by atoms with Crippen molar-refractivity contribution in [2.24, 2.45) is 17.8 Å². The highest BCUT2D eigenvalue weighted by atomic mass is 32.1. The number of likely N-dealkylation sites (tertiary alicyclic amines) is 1. The Morgan fingerprint density at radius 3 is 2.54 bits per heavy atom. The summed E-state index contributed by atoms with van der Waals surface area (Å²) in [5, 5.41) is 1.63. The summed E-state index contributed by atoms with van der Waals surface area (Å²) in [7, 11) is 0. The number of hydrogen-bond donors (Lipinski definition) is 0. The average Bonchev–Trinajstić information content (AvgIpc) is 3.22. The molecule has 0 spiro atoms. The number of ether oxygens (including phenoxy) is 2. The van der Waals surface area contributed by atoms with Crippen LogP contribution in [0.2, 0.25) is 0 Å². The van der Waals surface area contributed by atoms with Crippen molar-refractivity contribution in [3.63, 3.8) is 0 Å². The van der Waals surface area contributed by atoms with Gasteiger partial charge in [-0.1, -0.05) is 42.5 Å². The molecule has 3 aromatic rings. The van der Waals surface area contributed by atoms with Crippen molar-refractivity contribution in [2.45, 2.75) is 25.7 Å². The Morgan fingerprint density at radius 1 is 1.08 bits per heavy atom. The predicted molar refractivity (Wildman–Crippen MR) is 133 cm³/mol. The van der Waals surface area contributed by atoms with E-state index >= 15 is 0 Å². The number of nitrogens with zero attached hydrogens (tertiary/aromatic N) is 3. The lowest BCUT2D eigenvalue weighted by atomic mass is 10.1. The summed E-state index contributed by atoms with van der Waals surface area (Å²) in [6, 6.07) is 16.2. The third-order valence-electron chi connectivity index (χ3n) is 7.03. The van der Waals surface area contributed by atoms with Gasteiger partial charge in [0.15, 0.2) is 0 Å². The zero-order valence-corrected chi connectivity index (χ0v) is 21.0. The van der Waals surface area contributed by atoms with Crippen LogP contribution in [0.4, 0.5) is 18.0 Å². The molecule has 0 N–H and O–H groups in total.